The molecule has 0 saturated heterocycles. The first-order valence-corrected chi connectivity index (χ1v) is 10.3. The number of aromatic hydroxyl groups is 1. The molecule has 3 heteroatoms. The number of carbonyl (C=O) groups is 1. The Morgan fingerprint density at radius 1 is 1.24 bits per heavy atom. The smallest absolute Gasteiger partial charge is 0.335 e. The minimum atomic E-state index is -0.467. The minimum absolute atomic E-state index is 0.0357. The SMILES string of the molecule is C=CC(=O)OC1=C(Cc2cc(C)cc(C(C)(C)C)c2O)CC(C)(C(C)(C)C)C=C1. The lowest BCUT2D eigenvalue weighted by Crippen LogP contribution is -2.33. The van der Waals surface area contributed by atoms with E-state index in [1.54, 1.807) is 0 Å². The normalized spacial score (nSPS) is 20.0. The topological polar surface area (TPSA) is 46.5 Å². The third-order valence-electron chi connectivity index (χ3n) is 6.17. The van der Waals surface area contributed by atoms with Gasteiger partial charge in [0.2, 0.25) is 0 Å². The van der Waals surface area contributed by atoms with Crippen LogP contribution in [0.1, 0.15) is 71.6 Å². The summed E-state index contributed by atoms with van der Waals surface area (Å²) in [5.41, 5.74) is 3.71. The largest absolute Gasteiger partial charge is 0.507 e. The Morgan fingerprint density at radius 3 is 2.38 bits per heavy atom. The van der Waals surface area contributed by atoms with Gasteiger partial charge in [-0.05, 0) is 52.4 Å². The predicted molar refractivity (Wildman–Crippen MR) is 120 cm³/mol. The van der Waals surface area contributed by atoms with Crippen LogP contribution in [0.2, 0.25) is 0 Å². The van der Waals surface area contributed by atoms with Gasteiger partial charge in [-0.25, -0.2) is 4.79 Å². The van der Waals surface area contributed by atoms with E-state index >= 15 is 0 Å². The van der Waals surface area contributed by atoms with Gasteiger partial charge in [0.15, 0.2) is 0 Å². The summed E-state index contributed by atoms with van der Waals surface area (Å²) >= 11 is 0. The number of phenols is 1. The van der Waals surface area contributed by atoms with Gasteiger partial charge in [0.1, 0.15) is 11.5 Å². The maximum atomic E-state index is 11.9. The second-order valence-electron chi connectivity index (χ2n) is 10.5. The number of aryl methyl sites for hydroxylation is 1. The molecule has 0 aliphatic heterocycles. The van der Waals surface area contributed by atoms with Crippen molar-refractivity contribution in [3.63, 3.8) is 0 Å². The number of allylic oxidation sites excluding steroid dienone is 3. The highest BCUT2D eigenvalue weighted by Gasteiger charge is 2.39. The molecule has 0 radical (unpaired) electrons. The maximum absolute atomic E-state index is 11.9. The number of phenolic OH excluding ortho intramolecular Hbond substituents is 1. The highest BCUT2D eigenvalue weighted by molar-refractivity contribution is 5.82. The summed E-state index contributed by atoms with van der Waals surface area (Å²) in [7, 11) is 0. The molecular weight excluding hydrogens is 360 g/mol. The van der Waals surface area contributed by atoms with Crippen LogP contribution in [0.3, 0.4) is 0 Å². The van der Waals surface area contributed by atoms with E-state index in [4.69, 9.17) is 4.74 Å². The van der Waals surface area contributed by atoms with E-state index in [1.807, 2.05) is 25.1 Å². The number of carbonyl (C=O) groups excluding carboxylic acids is 1. The number of esters is 1. The Bertz CT molecular complexity index is 872. The summed E-state index contributed by atoms with van der Waals surface area (Å²) in [6.07, 6.45) is 6.51. The Balaban J connectivity index is 2.55. The third kappa shape index (κ3) is 5.01. The van der Waals surface area contributed by atoms with E-state index in [1.165, 1.54) is 6.08 Å². The van der Waals surface area contributed by atoms with Crippen molar-refractivity contribution in [2.24, 2.45) is 10.8 Å². The van der Waals surface area contributed by atoms with Crippen LogP contribution in [0, 0.1) is 17.8 Å². The van der Waals surface area contributed by atoms with Gasteiger partial charge in [0.25, 0.3) is 0 Å². The van der Waals surface area contributed by atoms with Crippen molar-refractivity contribution in [3.8, 4) is 5.75 Å². The highest BCUT2D eigenvalue weighted by Crippen LogP contribution is 2.48. The Labute approximate surface area is 176 Å². The van der Waals surface area contributed by atoms with E-state index in [2.05, 4.69) is 61.1 Å². The first kappa shape index (κ1) is 23.0. The van der Waals surface area contributed by atoms with Gasteiger partial charge in [0, 0.05) is 12.5 Å². The van der Waals surface area contributed by atoms with Crippen molar-refractivity contribution in [1.82, 2.24) is 0 Å². The quantitative estimate of drug-likeness (QED) is 0.464. The summed E-state index contributed by atoms with van der Waals surface area (Å²) in [4.78, 5) is 11.9. The van der Waals surface area contributed by atoms with E-state index in [9.17, 15) is 9.90 Å². The van der Waals surface area contributed by atoms with E-state index in [0.717, 1.165) is 28.7 Å². The molecule has 3 nitrogen and oxygen atoms in total. The minimum Gasteiger partial charge on any atom is -0.507 e. The molecule has 0 aromatic heterocycles. The second kappa shape index (κ2) is 7.85. The van der Waals surface area contributed by atoms with Crippen LogP contribution in [-0.2, 0) is 21.4 Å². The van der Waals surface area contributed by atoms with E-state index in [-0.39, 0.29) is 16.2 Å². The van der Waals surface area contributed by atoms with Crippen LogP contribution in [-0.4, -0.2) is 11.1 Å². The summed E-state index contributed by atoms with van der Waals surface area (Å²) in [5.74, 6) is 0.428. The van der Waals surface area contributed by atoms with Crippen LogP contribution in [0.4, 0.5) is 0 Å². The van der Waals surface area contributed by atoms with Gasteiger partial charge in [-0.15, -0.1) is 0 Å². The van der Waals surface area contributed by atoms with Crippen molar-refractivity contribution in [2.45, 2.75) is 73.6 Å². The molecule has 0 bridgehead atoms. The van der Waals surface area contributed by atoms with Crippen LogP contribution < -0.4 is 0 Å². The van der Waals surface area contributed by atoms with E-state index in [0.29, 0.717) is 17.9 Å². The summed E-state index contributed by atoms with van der Waals surface area (Å²) in [6.45, 7) is 20.7. The van der Waals surface area contributed by atoms with Crippen LogP contribution in [0.25, 0.3) is 0 Å². The molecular formula is C26H36O3. The zero-order valence-corrected chi connectivity index (χ0v) is 19.3. The van der Waals surface area contributed by atoms with Crippen molar-refractivity contribution < 1.29 is 14.6 Å². The Hall–Kier alpha value is -2.29. The Morgan fingerprint density at radius 2 is 1.86 bits per heavy atom. The lowest BCUT2D eigenvalue weighted by atomic mass is 9.62. The molecule has 1 aromatic rings. The fraction of sp³-hybridized carbons (Fsp3) is 0.500. The zero-order valence-electron chi connectivity index (χ0n) is 19.3. The summed E-state index contributed by atoms with van der Waals surface area (Å²) < 4.78 is 5.55. The van der Waals surface area contributed by atoms with Gasteiger partial charge in [-0.2, -0.15) is 0 Å². The number of benzene rings is 1. The molecule has 1 N–H and O–H groups in total. The van der Waals surface area contributed by atoms with Crippen molar-refractivity contribution in [3.05, 3.63) is 65.0 Å². The fourth-order valence-corrected chi connectivity index (χ4v) is 3.68. The monoisotopic (exact) mass is 396 g/mol. The lowest BCUT2D eigenvalue weighted by Gasteiger charge is -2.42. The van der Waals surface area contributed by atoms with Crippen molar-refractivity contribution >= 4 is 5.97 Å². The fourth-order valence-electron chi connectivity index (χ4n) is 3.68. The van der Waals surface area contributed by atoms with Crippen molar-refractivity contribution in [1.29, 1.82) is 0 Å². The standard InChI is InChI=1S/C26H36O3/c1-10-22(27)29-21-11-12-26(9,25(6,7)8)16-19(21)15-18-13-17(2)14-20(23(18)28)24(3,4)5/h10-14,28H,1,15-16H2,2-9H3. The summed E-state index contributed by atoms with van der Waals surface area (Å²) in [5, 5.41) is 11.0. The molecule has 1 aliphatic rings. The van der Waals surface area contributed by atoms with Gasteiger partial charge in [-0.1, -0.05) is 78.8 Å². The maximum Gasteiger partial charge on any atom is 0.335 e. The molecule has 0 fully saturated rings. The molecule has 1 aromatic carbocycles. The predicted octanol–water partition coefficient (Wildman–Crippen LogP) is 6.54. The molecule has 1 aliphatic carbocycles. The molecule has 0 amide bonds. The van der Waals surface area contributed by atoms with Crippen LogP contribution in [0.15, 0.2) is 48.3 Å². The molecule has 0 spiro atoms. The van der Waals surface area contributed by atoms with Gasteiger partial charge >= 0.3 is 5.97 Å². The lowest BCUT2D eigenvalue weighted by molar-refractivity contribution is -0.133. The number of ether oxygens (including phenoxy) is 1. The molecule has 158 valence electrons. The van der Waals surface area contributed by atoms with Gasteiger partial charge in [0.05, 0.1) is 0 Å². The second-order valence-corrected chi connectivity index (χ2v) is 10.5. The number of rotatable bonds is 4. The van der Waals surface area contributed by atoms with Gasteiger partial charge in [-0.3, -0.25) is 0 Å². The first-order valence-electron chi connectivity index (χ1n) is 10.3. The van der Waals surface area contributed by atoms with E-state index < -0.39 is 5.97 Å². The zero-order chi connectivity index (χ0) is 22.2. The van der Waals surface area contributed by atoms with Crippen LogP contribution >= 0.6 is 0 Å². The number of hydrogen-bond donors (Lipinski definition) is 1. The average molecular weight is 397 g/mol. The summed E-state index contributed by atoms with van der Waals surface area (Å²) in [6, 6.07) is 4.07. The Kier molecular flexibility index (Phi) is 6.23. The molecule has 1 atom stereocenters. The van der Waals surface area contributed by atoms with Crippen molar-refractivity contribution in [2.75, 3.05) is 0 Å². The molecule has 0 heterocycles. The molecule has 1 unspecified atom stereocenters. The first-order chi connectivity index (χ1) is 13.2. The molecule has 2 rings (SSSR count). The number of hydrogen-bond acceptors (Lipinski definition) is 3. The molecule has 0 saturated carbocycles. The van der Waals surface area contributed by atoms with Crippen LogP contribution in [0.5, 0.6) is 5.75 Å². The third-order valence-corrected chi connectivity index (χ3v) is 6.17. The molecule has 29 heavy (non-hydrogen) atoms. The highest BCUT2D eigenvalue weighted by atomic mass is 16.5. The average Bonchev–Trinajstić information content (AvgIpc) is 2.58. The van der Waals surface area contributed by atoms with Gasteiger partial charge < -0.3 is 9.84 Å².